The van der Waals surface area contributed by atoms with Gasteiger partial charge in [-0.1, -0.05) is 6.92 Å². The minimum atomic E-state index is -0.00975. The molecular formula is C14H19N5. The molecule has 0 unspecified atom stereocenters. The van der Waals surface area contributed by atoms with Crippen molar-refractivity contribution in [3.05, 3.63) is 46.5 Å². The average molecular weight is 257 g/mol. The fourth-order valence-electron chi connectivity index (χ4n) is 2.29. The summed E-state index contributed by atoms with van der Waals surface area (Å²) >= 11 is 0. The zero-order valence-corrected chi connectivity index (χ0v) is 11.6. The van der Waals surface area contributed by atoms with E-state index >= 15 is 0 Å². The summed E-state index contributed by atoms with van der Waals surface area (Å²) in [5, 5.41) is 12.0. The highest BCUT2D eigenvalue weighted by molar-refractivity contribution is 5.93. The molecule has 0 spiro atoms. The van der Waals surface area contributed by atoms with Gasteiger partial charge < -0.3 is 5.73 Å². The van der Waals surface area contributed by atoms with Crippen LogP contribution in [0.4, 0.5) is 0 Å². The highest BCUT2D eigenvalue weighted by atomic mass is 15.3. The number of rotatable bonds is 4. The third-order valence-corrected chi connectivity index (χ3v) is 3.32. The van der Waals surface area contributed by atoms with Crippen LogP contribution in [0.1, 0.15) is 35.1 Å². The van der Waals surface area contributed by atoms with Crippen molar-refractivity contribution in [1.29, 1.82) is 5.41 Å². The van der Waals surface area contributed by atoms with Crippen molar-refractivity contribution in [3.8, 4) is 0 Å². The molecule has 0 aliphatic heterocycles. The minimum Gasteiger partial charge on any atom is -0.382 e. The van der Waals surface area contributed by atoms with Gasteiger partial charge in [-0.15, -0.1) is 0 Å². The Labute approximate surface area is 113 Å². The summed E-state index contributed by atoms with van der Waals surface area (Å²) in [6.45, 7) is 6.94. The van der Waals surface area contributed by atoms with Gasteiger partial charge in [-0.3, -0.25) is 15.1 Å². The van der Waals surface area contributed by atoms with Crippen LogP contribution in [0.25, 0.3) is 0 Å². The summed E-state index contributed by atoms with van der Waals surface area (Å²) in [6, 6.07) is 3.76. The number of nitrogens with one attached hydrogen (secondary N) is 1. The van der Waals surface area contributed by atoms with Gasteiger partial charge in [-0.2, -0.15) is 5.10 Å². The Hall–Kier alpha value is -2.17. The molecule has 2 aromatic rings. The van der Waals surface area contributed by atoms with Crippen LogP contribution in [-0.2, 0) is 13.0 Å². The van der Waals surface area contributed by atoms with E-state index in [4.69, 9.17) is 11.1 Å². The highest BCUT2D eigenvalue weighted by Crippen LogP contribution is 2.15. The molecule has 0 aliphatic rings. The number of hydrogen-bond donors (Lipinski definition) is 2. The van der Waals surface area contributed by atoms with E-state index in [1.807, 2.05) is 23.7 Å². The van der Waals surface area contributed by atoms with Crippen LogP contribution in [0.15, 0.2) is 18.3 Å². The smallest absolute Gasteiger partial charge is 0.141 e. The van der Waals surface area contributed by atoms with Crippen molar-refractivity contribution in [1.82, 2.24) is 14.8 Å². The monoisotopic (exact) mass is 257 g/mol. The maximum absolute atomic E-state index is 7.41. The molecule has 0 radical (unpaired) electrons. The van der Waals surface area contributed by atoms with E-state index in [0.29, 0.717) is 12.2 Å². The lowest BCUT2D eigenvalue weighted by Gasteiger charge is -2.06. The molecule has 5 heteroatoms. The molecule has 0 fully saturated rings. The fourth-order valence-corrected chi connectivity index (χ4v) is 2.29. The lowest BCUT2D eigenvalue weighted by atomic mass is 10.1. The molecule has 0 atom stereocenters. The second-order valence-corrected chi connectivity index (χ2v) is 4.62. The van der Waals surface area contributed by atoms with Gasteiger partial charge in [0.2, 0.25) is 0 Å². The topological polar surface area (TPSA) is 80.6 Å². The minimum absolute atomic E-state index is 0.00975. The van der Waals surface area contributed by atoms with Crippen molar-refractivity contribution in [2.75, 3.05) is 0 Å². The summed E-state index contributed by atoms with van der Waals surface area (Å²) < 4.78 is 1.99. The van der Waals surface area contributed by atoms with Gasteiger partial charge in [0.05, 0.1) is 12.2 Å². The highest BCUT2D eigenvalue weighted by Gasteiger charge is 2.10. The number of nitrogens with two attached hydrogens (primary N) is 1. The molecule has 0 aliphatic carbocycles. The van der Waals surface area contributed by atoms with Crippen LogP contribution in [0, 0.1) is 19.3 Å². The van der Waals surface area contributed by atoms with Gasteiger partial charge in [0, 0.05) is 11.9 Å². The van der Waals surface area contributed by atoms with Crippen molar-refractivity contribution in [2.45, 2.75) is 33.7 Å². The summed E-state index contributed by atoms with van der Waals surface area (Å²) in [5.74, 6) is -0.00975. The molecule has 2 aromatic heterocycles. The molecule has 19 heavy (non-hydrogen) atoms. The van der Waals surface area contributed by atoms with E-state index in [-0.39, 0.29) is 5.84 Å². The van der Waals surface area contributed by atoms with Crippen molar-refractivity contribution >= 4 is 5.84 Å². The second kappa shape index (κ2) is 5.22. The first-order valence-electron chi connectivity index (χ1n) is 6.35. The summed E-state index contributed by atoms with van der Waals surface area (Å²) in [4.78, 5) is 4.06. The molecule has 0 saturated heterocycles. The van der Waals surface area contributed by atoms with Crippen LogP contribution in [-0.4, -0.2) is 20.6 Å². The fraction of sp³-hybridized carbons (Fsp3) is 0.357. The van der Waals surface area contributed by atoms with E-state index in [0.717, 1.165) is 17.7 Å². The standard InChI is InChI=1S/C14H19N5/c1-4-12-9(2)18-19(10(12)3)8-11-5-6-17-13(7-11)14(15)16/h5-7H,4,8H2,1-3H3,(H3,15,16). The lowest BCUT2D eigenvalue weighted by Crippen LogP contribution is -2.14. The Morgan fingerprint density at radius 2 is 2.16 bits per heavy atom. The Bertz CT molecular complexity index is 612. The number of pyridine rings is 1. The van der Waals surface area contributed by atoms with Crippen LogP contribution in [0.2, 0.25) is 0 Å². The molecule has 2 heterocycles. The molecule has 2 rings (SSSR count). The van der Waals surface area contributed by atoms with E-state index in [1.54, 1.807) is 6.20 Å². The van der Waals surface area contributed by atoms with Crippen LogP contribution in [0.5, 0.6) is 0 Å². The number of aryl methyl sites for hydroxylation is 1. The van der Waals surface area contributed by atoms with E-state index in [1.165, 1.54) is 11.3 Å². The molecular weight excluding hydrogens is 238 g/mol. The van der Waals surface area contributed by atoms with E-state index in [2.05, 4.69) is 23.9 Å². The average Bonchev–Trinajstić information content (AvgIpc) is 2.64. The predicted octanol–water partition coefficient (Wildman–Crippen LogP) is 1.79. The van der Waals surface area contributed by atoms with Gasteiger partial charge in [-0.05, 0) is 43.5 Å². The van der Waals surface area contributed by atoms with Gasteiger partial charge >= 0.3 is 0 Å². The number of hydrogen-bond acceptors (Lipinski definition) is 3. The number of aromatic nitrogens is 3. The molecule has 0 aromatic carbocycles. The normalized spacial score (nSPS) is 10.7. The quantitative estimate of drug-likeness (QED) is 0.647. The summed E-state index contributed by atoms with van der Waals surface area (Å²) in [5.41, 5.74) is 10.6. The first-order chi connectivity index (χ1) is 9.02. The largest absolute Gasteiger partial charge is 0.382 e. The Balaban J connectivity index is 2.31. The zero-order chi connectivity index (χ0) is 14.0. The van der Waals surface area contributed by atoms with E-state index in [9.17, 15) is 0 Å². The predicted molar refractivity (Wildman–Crippen MR) is 75.4 cm³/mol. The van der Waals surface area contributed by atoms with Crippen molar-refractivity contribution in [2.24, 2.45) is 5.73 Å². The molecule has 100 valence electrons. The molecule has 0 bridgehead atoms. The Morgan fingerprint density at radius 1 is 1.42 bits per heavy atom. The van der Waals surface area contributed by atoms with Crippen LogP contribution < -0.4 is 5.73 Å². The summed E-state index contributed by atoms with van der Waals surface area (Å²) in [7, 11) is 0. The van der Waals surface area contributed by atoms with Crippen molar-refractivity contribution < 1.29 is 0 Å². The Morgan fingerprint density at radius 3 is 2.74 bits per heavy atom. The first-order valence-corrected chi connectivity index (χ1v) is 6.35. The van der Waals surface area contributed by atoms with Crippen LogP contribution >= 0.6 is 0 Å². The second-order valence-electron chi connectivity index (χ2n) is 4.62. The first kappa shape index (κ1) is 13.3. The Kier molecular flexibility index (Phi) is 3.64. The van der Waals surface area contributed by atoms with Gasteiger partial charge in [0.25, 0.3) is 0 Å². The molecule has 0 amide bonds. The van der Waals surface area contributed by atoms with E-state index < -0.39 is 0 Å². The maximum atomic E-state index is 7.41. The number of nitrogen functional groups attached to an aromatic ring is 1. The number of nitrogens with zero attached hydrogens (tertiary/aromatic N) is 3. The molecule has 3 N–H and O–H groups in total. The third-order valence-electron chi connectivity index (χ3n) is 3.32. The van der Waals surface area contributed by atoms with Gasteiger partial charge in [-0.25, -0.2) is 0 Å². The van der Waals surface area contributed by atoms with Gasteiger partial charge in [0.1, 0.15) is 11.5 Å². The molecule has 5 nitrogen and oxygen atoms in total. The molecule has 0 saturated carbocycles. The number of amidine groups is 1. The maximum Gasteiger partial charge on any atom is 0.141 e. The summed E-state index contributed by atoms with van der Waals surface area (Å²) in [6.07, 6.45) is 2.67. The lowest BCUT2D eigenvalue weighted by molar-refractivity contribution is 0.657. The zero-order valence-electron chi connectivity index (χ0n) is 11.6. The van der Waals surface area contributed by atoms with Crippen LogP contribution in [0.3, 0.4) is 0 Å². The van der Waals surface area contributed by atoms with Gasteiger partial charge in [0.15, 0.2) is 0 Å². The van der Waals surface area contributed by atoms with Crippen molar-refractivity contribution in [3.63, 3.8) is 0 Å². The SMILES string of the molecule is CCc1c(C)nn(Cc2ccnc(C(=N)N)c2)c1C. The third kappa shape index (κ3) is 2.65.